The van der Waals surface area contributed by atoms with Crippen LogP contribution in [0.25, 0.3) is 0 Å². The molecule has 0 aliphatic heterocycles. The van der Waals surface area contributed by atoms with E-state index < -0.39 is 25.0 Å². The van der Waals surface area contributed by atoms with Crippen molar-refractivity contribution in [3.63, 3.8) is 0 Å². The molecule has 4 nitrogen and oxygen atoms in total. The Kier molecular flexibility index (Phi) is 16.0. The molecule has 7 heteroatoms. The number of hydrogen-bond acceptors (Lipinski definition) is 4. The van der Waals surface area contributed by atoms with Gasteiger partial charge in [0, 0.05) is 18.1 Å². The van der Waals surface area contributed by atoms with E-state index in [2.05, 4.69) is 121 Å². The summed E-state index contributed by atoms with van der Waals surface area (Å²) in [7, 11) is -6.36. The zero-order valence-corrected chi connectivity index (χ0v) is 35.1. The quantitative estimate of drug-likeness (QED) is 0.149. The molecule has 44 heavy (non-hydrogen) atoms. The van der Waals surface area contributed by atoms with Crippen molar-refractivity contribution in [1.82, 2.24) is 0 Å². The summed E-state index contributed by atoms with van der Waals surface area (Å²) in [5.74, 6) is 2.37. The van der Waals surface area contributed by atoms with Gasteiger partial charge in [0.15, 0.2) is 8.32 Å². The van der Waals surface area contributed by atoms with E-state index in [1.54, 1.807) is 0 Å². The summed E-state index contributed by atoms with van der Waals surface area (Å²) in [5.41, 5.74) is 2.39. The van der Waals surface area contributed by atoms with Gasteiger partial charge in [-0.05, 0) is 90.9 Å². The zero-order chi connectivity index (χ0) is 34.1. The molecule has 0 spiro atoms. The van der Waals surface area contributed by atoms with Crippen LogP contribution in [0.4, 0.5) is 0 Å². The molecule has 1 aromatic carbocycles. The van der Waals surface area contributed by atoms with Crippen molar-refractivity contribution in [3.8, 4) is 11.5 Å². The number of rotatable bonds is 19. The fraction of sp³-hybridized carbons (Fsp3) is 0.838. The summed E-state index contributed by atoms with van der Waals surface area (Å²) in [6.45, 7) is 37.0. The van der Waals surface area contributed by atoms with Crippen LogP contribution in [-0.4, -0.2) is 36.7 Å². The average molecular weight is 667 g/mol. The first kappa shape index (κ1) is 41.4. The van der Waals surface area contributed by atoms with E-state index in [1.807, 2.05) is 0 Å². The van der Waals surface area contributed by atoms with Crippen LogP contribution in [0, 0.1) is 5.92 Å². The molecule has 0 amide bonds. The van der Waals surface area contributed by atoms with Crippen molar-refractivity contribution in [1.29, 1.82) is 0 Å². The third kappa shape index (κ3) is 10.7. The first-order valence-corrected chi connectivity index (χ1v) is 26.4. The second-order valence-electron chi connectivity index (χ2n) is 16.6. The molecule has 0 aliphatic rings. The van der Waals surface area contributed by atoms with Crippen molar-refractivity contribution in [2.75, 3.05) is 6.61 Å². The standard InChI is InChI=1S/C37H74O4Si3/c1-17-22-24-30(25-23-18-2)34-32(39-42(13,14)36(7,8)9)26-31(27-33(34)40-43(15,16)37(10,11)12)35(29(6)28-38)41-44(19-3,20-4)21-5/h26-27,29-30,35,38H,17-25,28H2,1-16H3/t29-,35+/m0/s1. The zero-order valence-electron chi connectivity index (χ0n) is 32.1. The molecule has 0 fully saturated rings. The maximum atomic E-state index is 10.5. The van der Waals surface area contributed by atoms with E-state index in [-0.39, 0.29) is 28.7 Å². The van der Waals surface area contributed by atoms with Gasteiger partial charge in [0.1, 0.15) is 11.5 Å². The molecule has 0 saturated heterocycles. The minimum atomic E-state index is -2.19. The summed E-state index contributed by atoms with van der Waals surface area (Å²) in [5, 5.41) is 10.7. The maximum Gasteiger partial charge on any atom is 0.250 e. The van der Waals surface area contributed by atoms with Gasteiger partial charge in [0.2, 0.25) is 16.6 Å². The largest absolute Gasteiger partial charge is 0.543 e. The lowest BCUT2D eigenvalue weighted by Crippen LogP contribution is -2.45. The Morgan fingerprint density at radius 1 is 0.705 bits per heavy atom. The van der Waals surface area contributed by atoms with Gasteiger partial charge in [0.05, 0.1) is 6.10 Å². The molecule has 1 N–H and O–H groups in total. The van der Waals surface area contributed by atoms with Crippen LogP contribution < -0.4 is 8.85 Å². The molecule has 0 aromatic heterocycles. The lowest BCUT2D eigenvalue weighted by molar-refractivity contribution is 0.0872. The third-order valence-electron chi connectivity index (χ3n) is 11.1. The Morgan fingerprint density at radius 3 is 1.39 bits per heavy atom. The molecule has 0 bridgehead atoms. The summed E-state index contributed by atoms with van der Waals surface area (Å²) in [4.78, 5) is 0. The first-order chi connectivity index (χ1) is 20.2. The second kappa shape index (κ2) is 17.0. The van der Waals surface area contributed by atoms with Crippen LogP contribution in [0.15, 0.2) is 12.1 Å². The van der Waals surface area contributed by atoms with Gasteiger partial charge in [-0.15, -0.1) is 0 Å². The van der Waals surface area contributed by atoms with Crippen LogP contribution in [-0.2, 0) is 4.43 Å². The molecule has 0 radical (unpaired) electrons. The van der Waals surface area contributed by atoms with Gasteiger partial charge in [-0.3, -0.25) is 0 Å². The van der Waals surface area contributed by atoms with E-state index in [0.717, 1.165) is 48.0 Å². The molecule has 0 unspecified atom stereocenters. The van der Waals surface area contributed by atoms with Gasteiger partial charge in [-0.1, -0.05) is 109 Å². The van der Waals surface area contributed by atoms with E-state index >= 15 is 0 Å². The average Bonchev–Trinajstić information content (AvgIpc) is 2.92. The van der Waals surface area contributed by atoms with Gasteiger partial charge >= 0.3 is 0 Å². The highest BCUT2D eigenvalue weighted by Gasteiger charge is 2.43. The number of aliphatic hydroxyl groups excluding tert-OH is 1. The van der Waals surface area contributed by atoms with Gasteiger partial charge in [-0.25, -0.2) is 0 Å². The Hall–Kier alpha value is -0.609. The fourth-order valence-electron chi connectivity index (χ4n) is 5.42. The molecule has 1 rings (SSSR count). The van der Waals surface area contributed by atoms with Crippen molar-refractivity contribution < 1.29 is 18.4 Å². The summed E-state index contributed by atoms with van der Waals surface area (Å²) < 4.78 is 22.0. The summed E-state index contributed by atoms with van der Waals surface area (Å²) >= 11 is 0. The van der Waals surface area contributed by atoms with Crippen LogP contribution in [0.2, 0.25) is 54.4 Å². The predicted molar refractivity (Wildman–Crippen MR) is 201 cm³/mol. The van der Waals surface area contributed by atoms with Crippen LogP contribution in [0.5, 0.6) is 11.5 Å². The maximum absolute atomic E-state index is 10.5. The Balaban J connectivity index is 4.27. The highest BCUT2D eigenvalue weighted by Crippen LogP contribution is 2.49. The molecular weight excluding hydrogens is 593 g/mol. The molecule has 2 atom stereocenters. The molecule has 258 valence electrons. The Morgan fingerprint density at radius 2 is 1.09 bits per heavy atom. The van der Waals surface area contributed by atoms with Crippen molar-refractivity contribution in [2.24, 2.45) is 5.92 Å². The SMILES string of the molecule is CCCCC(CCCC)c1c(O[Si](C)(C)C(C)(C)C)cc([C@H](O[Si](CC)(CC)CC)[C@@H](C)CO)cc1O[Si](C)(C)C(C)(C)C. The second-order valence-corrected chi connectivity index (χ2v) is 30.8. The molecule has 1 aromatic rings. The molecular formula is C37H74O4Si3. The molecule has 0 saturated carbocycles. The van der Waals surface area contributed by atoms with Crippen molar-refractivity contribution >= 4 is 25.0 Å². The highest BCUT2D eigenvalue weighted by atomic mass is 28.4. The first-order valence-electron chi connectivity index (χ1n) is 18.0. The number of unbranched alkanes of at least 4 members (excludes halogenated alkanes) is 2. The van der Waals surface area contributed by atoms with Crippen LogP contribution >= 0.6 is 0 Å². The predicted octanol–water partition coefficient (Wildman–Crippen LogP) is 12.6. The van der Waals surface area contributed by atoms with E-state index in [4.69, 9.17) is 13.3 Å². The van der Waals surface area contributed by atoms with E-state index in [1.165, 1.54) is 31.2 Å². The third-order valence-corrected chi connectivity index (χ3v) is 24.4. The number of aliphatic hydroxyl groups is 1. The topological polar surface area (TPSA) is 47.9 Å². The number of hydrogen-bond donors (Lipinski definition) is 1. The van der Waals surface area contributed by atoms with Gasteiger partial charge < -0.3 is 18.4 Å². The van der Waals surface area contributed by atoms with Crippen LogP contribution in [0.3, 0.4) is 0 Å². The monoisotopic (exact) mass is 666 g/mol. The minimum absolute atomic E-state index is 0.0326. The minimum Gasteiger partial charge on any atom is -0.543 e. The highest BCUT2D eigenvalue weighted by molar-refractivity contribution is 6.75. The number of benzene rings is 1. The Bertz CT molecular complexity index is 924. The Labute approximate surface area is 277 Å². The normalized spacial score (nSPS) is 15.0. The molecule has 0 aliphatic carbocycles. The van der Waals surface area contributed by atoms with Gasteiger partial charge in [-0.2, -0.15) is 0 Å². The van der Waals surface area contributed by atoms with Crippen LogP contribution in [0.1, 0.15) is 145 Å². The lowest BCUT2D eigenvalue weighted by Gasteiger charge is -2.41. The van der Waals surface area contributed by atoms with Crippen molar-refractivity contribution in [2.45, 2.75) is 188 Å². The smallest absolute Gasteiger partial charge is 0.250 e. The summed E-state index contributed by atoms with van der Waals surface area (Å²) in [6, 6.07) is 7.85. The van der Waals surface area contributed by atoms with E-state index in [0.29, 0.717) is 5.92 Å². The van der Waals surface area contributed by atoms with E-state index in [9.17, 15) is 5.11 Å². The van der Waals surface area contributed by atoms with Crippen molar-refractivity contribution in [3.05, 3.63) is 23.3 Å². The molecule has 0 heterocycles. The van der Waals surface area contributed by atoms with Gasteiger partial charge in [0.25, 0.3) is 0 Å². The lowest BCUT2D eigenvalue weighted by atomic mass is 9.86. The fourth-order valence-corrected chi connectivity index (χ4v) is 10.4. The summed E-state index contributed by atoms with van der Waals surface area (Å²) in [6.07, 6.45) is 6.83.